The Balaban J connectivity index is 2.79. The number of ether oxygens (including phenoxy) is 1. The summed E-state index contributed by atoms with van der Waals surface area (Å²) in [7, 11) is 0. The molecular weight excluding hydrogens is 324 g/mol. The van der Waals surface area contributed by atoms with Crippen molar-refractivity contribution in [2.24, 2.45) is 0 Å². The lowest BCUT2D eigenvalue weighted by Gasteiger charge is -2.16. The third kappa shape index (κ3) is 3.56. The van der Waals surface area contributed by atoms with Crippen LogP contribution in [0, 0.1) is 13.8 Å². The van der Waals surface area contributed by atoms with Gasteiger partial charge in [0.15, 0.2) is 0 Å². The summed E-state index contributed by atoms with van der Waals surface area (Å²) in [6.07, 6.45) is 0.192. The van der Waals surface area contributed by atoms with Gasteiger partial charge >= 0.3 is 5.69 Å². The first-order chi connectivity index (χ1) is 11.8. The maximum Gasteiger partial charge on any atom is 0.366 e. The van der Waals surface area contributed by atoms with Crippen LogP contribution in [-0.2, 0) is 17.9 Å². The minimum atomic E-state index is -0.997. The van der Waals surface area contributed by atoms with Crippen LogP contribution in [-0.4, -0.2) is 26.9 Å². The lowest BCUT2D eigenvalue weighted by atomic mass is 9.99. The Hall–Kier alpha value is -2.67. The van der Waals surface area contributed by atoms with Crippen molar-refractivity contribution in [1.82, 2.24) is 9.30 Å². The zero-order valence-electron chi connectivity index (χ0n) is 14.8. The zero-order valence-corrected chi connectivity index (χ0v) is 14.8. The molecule has 2 aromatic rings. The van der Waals surface area contributed by atoms with E-state index in [2.05, 4.69) is 0 Å². The Bertz CT molecular complexity index is 904. The highest BCUT2D eigenvalue weighted by Gasteiger charge is 2.24. The highest BCUT2D eigenvalue weighted by molar-refractivity contribution is 6.09. The predicted molar refractivity (Wildman–Crippen MR) is 92.5 cm³/mol. The summed E-state index contributed by atoms with van der Waals surface area (Å²) in [6.45, 7) is 7.24. The van der Waals surface area contributed by atoms with Gasteiger partial charge in [0.2, 0.25) is 5.78 Å². The Morgan fingerprint density at radius 2 is 1.72 bits per heavy atom. The predicted octanol–water partition coefficient (Wildman–Crippen LogP) is 1.65. The first kappa shape index (κ1) is 18.7. The van der Waals surface area contributed by atoms with Crippen LogP contribution < -0.4 is 11.2 Å². The fourth-order valence-corrected chi connectivity index (χ4v) is 2.81. The summed E-state index contributed by atoms with van der Waals surface area (Å²) >= 11 is 0. The minimum Gasteiger partial charge on any atom is -0.421 e. The molecule has 2 rings (SSSR count). The average Bonchev–Trinajstić information content (AvgIpc) is 2.57. The van der Waals surface area contributed by atoms with Crippen LogP contribution in [0.1, 0.15) is 46.6 Å². The van der Waals surface area contributed by atoms with E-state index in [0.717, 1.165) is 15.7 Å². The molecule has 1 aromatic carbocycles. The molecule has 0 unspecified atom stereocenters. The topological polar surface area (TPSA) is 90.5 Å². The summed E-state index contributed by atoms with van der Waals surface area (Å²) in [6, 6.07) is 5.33. The minimum absolute atomic E-state index is 0.0239. The van der Waals surface area contributed by atoms with Crippen LogP contribution in [0.15, 0.2) is 27.8 Å². The quantitative estimate of drug-likeness (QED) is 0.634. The van der Waals surface area contributed by atoms with Gasteiger partial charge in [-0.15, -0.1) is 0 Å². The molecule has 1 N–H and O–H groups in total. The number of rotatable bonds is 6. The Labute approximate surface area is 145 Å². The largest absolute Gasteiger partial charge is 0.421 e. The van der Waals surface area contributed by atoms with Gasteiger partial charge in [-0.05, 0) is 39.3 Å². The van der Waals surface area contributed by atoms with Gasteiger partial charge in [0.1, 0.15) is 12.4 Å². The molecule has 0 aliphatic carbocycles. The number of benzene rings is 1. The van der Waals surface area contributed by atoms with Crippen LogP contribution in [0.2, 0.25) is 0 Å². The van der Waals surface area contributed by atoms with Crippen LogP contribution in [0.5, 0.6) is 0 Å². The van der Waals surface area contributed by atoms with Crippen molar-refractivity contribution in [3.05, 3.63) is 67.0 Å². The maximum absolute atomic E-state index is 13.1. The third-order valence-corrected chi connectivity index (χ3v) is 3.90. The van der Waals surface area contributed by atoms with E-state index in [4.69, 9.17) is 4.74 Å². The van der Waals surface area contributed by atoms with E-state index >= 15 is 0 Å². The molecule has 0 radical (unpaired) electrons. The monoisotopic (exact) mass is 346 g/mol. The molecule has 0 atom stereocenters. The first-order valence-corrected chi connectivity index (χ1v) is 8.10. The van der Waals surface area contributed by atoms with Crippen LogP contribution in [0.4, 0.5) is 0 Å². The third-order valence-electron chi connectivity index (χ3n) is 3.90. The van der Waals surface area contributed by atoms with E-state index in [1.165, 1.54) is 0 Å². The lowest BCUT2D eigenvalue weighted by Crippen LogP contribution is -2.44. The van der Waals surface area contributed by atoms with E-state index in [-0.39, 0.29) is 29.1 Å². The van der Waals surface area contributed by atoms with Crippen molar-refractivity contribution in [2.45, 2.75) is 40.8 Å². The smallest absolute Gasteiger partial charge is 0.366 e. The standard InChI is InChI=1S/C18H22N2O5/c1-5-14-15(16(21)13-8-11(3)7-12(4)9-13)19(10-25-6-2)18(23)20(24)17(14)22/h7-9,24H,5-6,10H2,1-4H3. The van der Waals surface area contributed by atoms with Gasteiger partial charge in [-0.2, -0.15) is 0 Å². The number of ketones is 1. The molecule has 1 heterocycles. The normalized spacial score (nSPS) is 10.9. The molecule has 1 aromatic heterocycles. The molecular formula is C18H22N2O5. The highest BCUT2D eigenvalue weighted by atomic mass is 16.5. The molecule has 0 bridgehead atoms. The van der Waals surface area contributed by atoms with E-state index in [0.29, 0.717) is 12.2 Å². The van der Waals surface area contributed by atoms with Gasteiger partial charge in [0.25, 0.3) is 5.56 Å². The molecule has 0 aliphatic rings. The molecule has 0 saturated heterocycles. The summed E-state index contributed by atoms with van der Waals surface area (Å²) in [5, 5.41) is 9.77. The fraction of sp³-hybridized carbons (Fsp3) is 0.389. The average molecular weight is 346 g/mol. The molecule has 134 valence electrons. The lowest BCUT2D eigenvalue weighted by molar-refractivity contribution is 0.0676. The molecule has 0 saturated carbocycles. The molecule has 0 fully saturated rings. The van der Waals surface area contributed by atoms with Crippen LogP contribution in [0.25, 0.3) is 0 Å². The van der Waals surface area contributed by atoms with Gasteiger partial charge < -0.3 is 9.94 Å². The van der Waals surface area contributed by atoms with Crippen molar-refractivity contribution < 1.29 is 14.7 Å². The van der Waals surface area contributed by atoms with E-state index in [1.807, 2.05) is 19.9 Å². The van der Waals surface area contributed by atoms with Gasteiger partial charge in [0, 0.05) is 17.7 Å². The molecule has 0 spiro atoms. The van der Waals surface area contributed by atoms with Gasteiger partial charge in [-0.25, -0.2) is 4.79 Å². The number of hydrogen-bond donors (Lipinski definition) is 1. The molecule has 0 amide bonds. The van der Waals surface area contributed by atoms with Crippen LogP contribution in [0.3, 0.4) is 0 Å². The zero-order chi connectivity index (χ0) is 18.7. The summed E-state index contributed by atoms with van der Waals surface area (Å²) < 4.78 is 6.28. The SMILES string of the molecule is CCOCn1c(C(=O)c2cc(C)cc(C)c2)c(CC)c(=O)n(O)c1=O. The second-order valence-corrected chi connectivity index (χ2v) is 5.84. The molecule has 25 heavy (non-hydrogen) atoms. The van der Waals surface area contributed by atoms with E-state index in [1.54, 1.807) is 26.0 Å². The second kappa shape index (κ2) is 7.48. The number of carbonyl (C=O) groups is 1. The van der Waals surface area contributed by atoms with Crippen molar-refractivity contribution in [3.63, 3.8) is 0 Å². The van der Waals surface area contributed by atoms with Gasteiger partial charge in [-0.3, -0.25) is 14.2 Å². The number of aromatic nitrogens is 2. The van der Waals surface area contributed by atoms with E-state index < -0.39 is 17.0 Å². The van der Waals surface area contributed by atoms with Crippen molar-refractivity contribution >= 4 is 5.78 Å². The van der Waals surface area contributed by atoms with Crippen molar-refractivity contribution in [1.29, 1.82) is 0 Å². The van der Waals surface area contributed by atoms with E-state index in [9.17, 15) is 19.6 Å². The van der Waals surface area contributed by atoms with Crippen molar-refractivity contribution in [2.75, 3.05) is 6.61 Å². The summed E-state index contributed by atoms with van der Waals surface area (Å²) in [5.41, 5.74) is 0.335. The number of carbonyl (C=O) groups excluding carboxylic acids is 1. The van der Waals surface area contributed by atoms with Gasteiger partial charge in [0.05, 0.1) is 0 Å². The van der Waals surface area contributed by atoms with Crippen molar-refractivity contribution in [3.8, 4) is 0 Å². The van der Waals surface area contributed by atoms with Crippen LogP contribution >= 0.6 is 0 Å². The number of nitrogens with zero attached hydrogens (tertiary/aromatic N) is 2. The van der Waals surface area contributed by atoms with Gasteiger partial charge in [-0.1, -0.05) is 28.8 Å². The molecule has 7 heteroatoms. The summed E-state index contributed by atoms with van der Waals surface area (Å²) in [5.74, 6) is -0.446. The highest BCUT2D eigenvalue weighted by Crippen LogP contribution is 2.15. The Kier molecular flexibility index (Phi) is 5.58. The molecule has 7 nitrogen and oxygen atoms in total. The number of hydrogen-bond acceptors (Lipinski definition) is 5. The first-order valence-electron chi connectivity index (χ1n) is 8.10. The Morgan fingerprint density at radius 1 is 1.12 bits per heavy atom. The second-order valence-electron chi connectivity index (χ2n) is 5.84. The Morgan fingerprint density at radius 3 is 2.24 bits per heavy atom. The fourth-order valence-electron chi connectivity index (χ4n) is 2.81. The molecule has 0 aliphatic heterocycles. The maximum atomic E-state index is 13.1. The summed E-state index contributed by atoms with van der Waals surface area (Å²) in [4.78, 5) is 37.6. The number of aryl methyl sites for hydroxylation is 2.